The Bertz CT molecular complexity index is 515. The number of thiazole rings is 1. The molecule has 2 heterocycles. The molecule has 0 radical (unpaired) electrons. The summed E-state index contributed by atoms with van der Waals surface area (Å²) in [5.41, 5.74) is 4.51. The van der Waals surface area contributed by atoms with E-state index in [1.165, 1.54) is 41.9 Å². The molecule has 1 N–H and O–H groups in total. The van der Waals surface area contributed by atoms with E-state index in [0.29, 0.717) is 6.04 Å². The molecular weight excluding hydrogens is 266 g/mol. The average molecular weight is 287 g/mol. The molecule has 0 bridgehead atoms. The van der Waals surface area contributed by atoms with Gasteiger partial charge >= 0.3 is 0 Å². The largest absolute Gasteiger partial charge is 0.312 e. The van der Waals surface area contributed by atoms with E-state index in [0.717, 1.165) is 6.54 Å². The number of nitrogens with zero attached hydrogens (tertiary/aromatic N) is 2. The topological polar surface area (TPSA) is 28.2 Å². The van der Waals surface area contributed by atoms with Crippen molar-refractivity contribution in [2.24, 2.45) is 0 Å². The van der Waals surface area contributed by atoms with Gasteiger partial charge in [0.05, 0.1) is 10.4 Å². The van der Waals surface area contributed by atoms with Gasteiger partial charge in [-0.3, -0.25) is 4.98 Å². The lowest BCUT2D eigenvalue weighted by Crippen LogP contribution is -2.31. The zero-order chi connectivity index (χ0) is 13.8. The number of likely N-dealkylation sites (N-methyl/N-ethyl adjacent to an activating group) is 1. The summed E-state index contributed by atoms with van der Waals surface area (Å²) in [5.74, 6) is 0. The maximum absolute atomic E-state index is 4.14. The molecular formula is C16H21N3S. The summed E-state index contributed by atoms with van der Waals surface area (Å²) in [7, 11) is 2.05. The van der Waals surface area contributed by atoms with Crippen LogP contribution in [0.2, 0.25) is 0 Å². The van der Waals surface area contributed by atoms with Crippen LogP contribution in [0.3, 0.4) is 0 Å². The first-order valence-electron chi connectivity index (χ1n) is 7.25. The van der Waals surface area contributed by atoms with Gasteiger partial charge in [0.25, 0.3) is 0 Å². The second-order valence-corrected chi connectivity index (χ2v) is 6.22. The van der Waals surface area contributed by atoms with Crippen LogP contribution in [0.25, 0.3) is 10.4 Å². The Morgan fingerprint density at radius 1 is 1.25 bits per heavy atom. The van der Waals surface area contributed by atoms with Crippen LogP contribution in [0, 0.1) is 0 Å². The van der Waals surface area contributed by atoms with Gasteiger partial charge in [0.15, 0.2) is 0 Å². The molecule has 1 unspecified atom stereocenters. The number of benzene rings is 1. The van der Waals surface area contributed by atoms with Crippen LogP contribution in [0.4, 0.5) is 0 Å². The molecule has 1 fully saturated rings. The Hall–Kier alpha value is -1.23. The smallest absolute Gasteiger partial charge is 0.0797 e. The molecule has 0 spiro atoms. The molecule has 2 aromatic rings. The third-order valence-corrected chi connectivity index (χ3v) is 4.84. The van der Waals surface area contributed by atoms with E-state index in [2.05, 4.69) is 46.5 Å². The van der Waals surface area contributed by atoms with Crippen LogP contribution in [-0.2, 0) is 0 Å². The molecule has 20 heavy (non-hydrogen) atoms. The van der Waals surface area contributed by atoms with Crippen molar-refractivity contribution in [1.29, 1.82) is 0 Å². The molecule has 3 nitrogen and oxygen atoms in total. The first-order chi connectivity index (χ1) is 9.86. The van der Waals surface area contributed by atoms with Crippen molar-refractivity contribution in [3.8, 4) is 10.4 Å². The maximum Gasteiger partial charge on any atom is 0.0797 e. The Labute approximate surface area is 124 Å². The van der Waals surface area contributed by atoms with E-state index in [9.17, 15) is 0 Å². The third kappa shape index (κ3) is 3.08. The molecule has 3 rings (SSSR count). The van der Waals surface area contributed by atoms with Crippen molar-refractivity contribution in [3.63, 3.8) is 0 Å². The van der Waals surface area contributed by atoms with Gasteiger partial charge in [0.2, 0.25) is 0 Å². The van der Waals surface area contributed by atoms with E-state index >= 15 is 0 Å². The molecule has 1 aliphatic heterocycles. The van der Waals surface area contributed by atoms with E-state index in [1.807, 2.05) is 11.7 Å². The number of likely N-dealkylation sites (tertiary alicyclic amines) is 1. The van der Waals surface area contributed by atoms with E-state index < -0.39 is 0 Å². The van der Waals surface area contributed by atoms with Gasteiger partial charge in [0.1, 0.15) is 0 Å². The Morgan fingerprint density at radius 3 is 2.60 bits per heavy atom. The van der Waals surface area contributed by atoms with Gasteiger partial charge in [-0.25, -0.2) is 0 Å². The van der Waals surface area contributed by atoms with Crippen molar-refractivity contribution in [2.45, 2.75) is 18.9 Å². The first kappa shape index (κ1) is 13.7. The second-order valence-electron chi connectivity index (χ2n) is 5.34. The average Bonchev–Trinajstić information content (AvgIpc) is 3.18. The summed E-state index contributed by atoms with van der Waals surface area (Å²) in [6.07, 6.45) is 4.63. The summed E-state index contributed by atoms with van der Waals surface area (Å²) in [6, 6.07) is 9.32. The standard InChI is InChI=1S/C16H21N3S/c1-17-15(11-19-8-2-3-9-19)13-4-6-14(7-5-13)16-10-18-12-20-16/h4-7,10,12,15,17H,2-3,8-9,11H2,1H3. The van der Waals surface area contributed by atoms with E-state index in [1.54, 1.807) is 11.3 Å². The van der Waals surface area contributed by atoms with Gasteiger partial charge in [-0.2, -0.15) is 0 Å². The highest BCUT2D eigenvalue weighted by Crippen LogP contribution is 2.25. The van der Waals surface area contributed by atoms with Crippen LogP contribution < -0.4 is 5.32 Å². The van der Waals surface area contributed by atoms with E-state index in [4.69, 9.17) is 0 Å². The highest BCUT2D eigenvalue weighted by molar-refractivity contribution is 7.13. The molecule has 1 atom stereocenters. The molecule has 1 aromatic carbocycles. The summed E-state index contributed by atoms with van der Waals surface area (Å²) >= 11 is 1.69. The van der Waals surface area contributed by atoms with Crippen molar-refractivity contribution in [3.05, 3.63) is 41.5 Å². The maximum atomic E-state index is 4.14. The van der Waals surface area contributed by atoms with Crippen LogP contribution in [-0.4, -0.2) is 36.6 Å². The molecule has 0 saturated carbocycles. The predicted molar refractivity (Wildman–Crippen MR) is 85.0 cm³/mol. The highest BCUT2D eigenvalue weighted by atomic mass is 32.1. The summed E-state index contributed by atoms with van der Waals surface area (Å²) in [4.78, 5) is 7.93. The van der Waals surface area contributed by atoms with Crippen LogP contribution in [0.15, 0.2) is 36.0 Å². The molecule has 1 aromatic heterocycles. The number of hydrogen-bond acceptors (Lipinski definition) is 4. The fraction of sp³-hybridized carbons (Fsp3) is 0.438. The van der Waals surface area contributed by atoms with Gasteiger partial charge < -0.3 is 10.2 Å². The summed E-state index contributed by atoms with van der Waals surface area (Å²) in [6.45, 7) is 3.60. The number of rotatable bonds is 5. The fourth-order valence-corrected chi connectivity index (χ4v) is 3.45. The lowest BCUT2D eigenvalue weighted by Gasteiger charge is -2.23. The van der Waals surface area contributed by atoms with E-state index in [-0.39, 0.29) is 0 Å². The fourth-order valence-electron chi connectivity index (χ4n) is 2.82. The summed E-state index contributed by atoms with van der Waals surface area (Å²) in [5, 5.41) is 3.45. The number of nitrogens with one attached hydrogen (secondary N) is 1. The zero-order valence-electron chi connectivity index (χ0n) is 11.9. The Kier molecular flexibility index (Phi) is 4.45. The van der Waals surface area contributed by atoms with Gasteiger partial charge in [-0.1, -0.05) is 24.3 Å². The zero-order valence-corrected chi connectivity index (χ0v) is 12.7. The molecule has 1 aliphatic rings. The molecule has 0 amide bonds. The first-order valence-corrected chi connectivity index (χ1v) is 8.13. The van der Waals surface area contributed by atoms with Gasteiger partial charge in [-0.05, 0) is 44.1 Å². The van der Waals surface area contributed by atoms with Crippen molar-refractivity contribution >= 4 is 11.3 Å². The molecule has 106 valence electrons. The van der Waals surface area contributed by atoms with Crippen LogP contribution in [0.5, 0.6) is 0 Å². The molecule has 1 saturated heterocycles. The number of aromatic nitrogens is 1. The second kappa shape index (κ2) is 6.48. The van der Waals surface area contributed by atoms with Crippen molar-refractivity contribution in [2.75, 3.05) is 26.7 Å². The molecule has 0 aliphatic carbocycles. The quantitative estimate of drug-likeness (QED) is 0.915. The van der Waals surface area contributed by atoms with Gasteiger partial charge in [-0.15, -0.1) is 11.3 Å². The predicted octanol–water partition coefficient (Wildman–Crippen LogP) is 3.17. The lowest BCUT2D eigenvalue weighted by molar-refractivity contribution is 0.299. The van der Waals surface area contributed by atoms with Crippen LogP contribution in [0.1, 0.15) is 24.4 Å². The minimum absolute atomic E-state index is 0.420. The summed E-state index contributed by atoms with van der Waals surface area (Å²) < 4.78 is 0. The minimum Gasteiger partial charge on any atom is -0.312 e. The Morgan fingerprint density at radius 2 is 2.00 bits per heavy atom. The Balaban J connectivity index is 1.71. The SMILES string of the molecule is CNC(CN1CCCC1)c1ccc(-c2cncs2)cc1. The van der Waals surface area contributed by atoms with Gasteiger partial charge in [0, 0.05) is 18.8 Å². The van der Waals surface area contributed by atoms with Crippen LogP contribution >= 0.6 is 11.3 Å². The highest BCUT2D eigenvalue weighted by Gasteiger charge is 2.17. The monoisotopic (exact) mass is 287 g/mol. The molecule has 4 heteroatoms. The third-order valence-electron chi connectivity index (χ3n) is 4.02. The normalized spacial score (nSPS) is 17.4. The number of hydrogen-bond donors (Lipinski definition) is 1. The minimum atomic E-state index is 0.420. The van der Waals surface area contributed by atoms with Crippen molar-refractivity contribution in [1.82, 2.24) is 15.2 Å². The lowest BCUT2D eigenvalue weighted by atomic mass is 10.0. The van der Waals surface area contributed by atoms with Crippen molar-refractivity contribution < 1.29 is 0 Å².